The fourth-order valence-corrected chi connectivity index (χ4v) is 3.40. The van der Waals surface area contributed by atoms with Gasteiger partial charge in [-0.25, -0.2) is 0 Å². The Balaban J connectivity index is 1.75. The molecule has 134 valence electrons. The van der Waals surface area contributed by atoms with Crippen LogP contribution in [-0.4, -0.2) is 32.7 Å². The topological polar surface area (TPSA) is 55.2 Å². The Kier molecular flexibility index (Phi) is 5.21. The maximum atomic E-state index is 12.9. The third kappa shape index (κ3) is 3.75. The molecule has 1 aliphatic rings. The van der Waals surface area contributed by atoms with Gasteiger partial charge in [0.2, 0.25) is 11.3 Å². The quantitative estimate of drug-likeness (QED) is 0.777. The number of para-hydroxylation sites is 1. The molecule has 0 unspecified atom stereocenters. The van der Waals surface area contributed by atoms with Gasteiger partial charge in [-0.1, -0.05) is 32.4 Å². The molecule has 2 aromatic rings. The molecule has 25 heavy (non-hydrogen) atoms. The third-order valence-corrected chi connectivity index (χ3v) is 5.43. The van der Waals surface area contributed by atoms with Crippen molar-refractivity contribution in [3.63, 3.8) is 0 Å². The van der Waals surface area contributed by atoms with E-state index in [-0.39, 0.29) is 17.4 Å². The highest BCUT2D eigenvalue weighted by Gasteiger charge is 2.36. The number of hydrogen-bond donors (Lipinski definition) is 0. The molecule has 1 fully saturated rings. The lowest BCUT2D eigenvalue weighted by Gasteiger charge is -2.33. The van der Waals surface area contributed by atoms with Crippen molar-refractivity contribution in [3.05, 3.63) is 40.7 Å². The molecule has 5 nitrogen and oxygen atoms in total. The van der Waals surface area contributed by atoms with Crippen molar-refractivity contribution in [2.45, 2.75) is 65.1 Å². The van der Waals surface area contributed by atoms with Crippen molar-refractivity contribution in [3.8, 4) is 0 Å². The minimum absolute atomic E-state index is 0.0804. The number of hydrogen-bond acceptors (Lipinski definition) is 3. The fourth-order valence-electron chi connectivity index (χ4n) is 3.40. The Morgan fingerprint density at radius 3 is 2.72 bits per heavy atom. The first-order valence-electron chi connectivity index (χ1n) is 9.29. The molecular weight excluding hydrogens is 314 g/mol. The van der Waals surface area contributed by atoms with Crippen molar-refractivity contribution in [1.82, 2.24) is 14.7 Å². The van der Waals surface area contributed by atoms with Crippen LogP contribution in [0.4, 0.5) is 0 Å². The SMILES string of the molecule is CC[C@H](C)[C@H](C)N(C(=O)CCn1ncc(=O)c2ccccc21)C1CC1. The highest BCUT2D eigenvalue weighted by Crippen LogP contribution is 2.32. The van der Waals surface area contributed by atoms with E-state index in [2.05, 4.69) is 30.8 Å². The molecule has 1 heterocycles. The van der Waals surface area contributed by atoms with Crippen LogP contribution >= 0.6 is 0 Å². The van der Waals surface area contributed by atoms with E-state index in [1.54, 1.807) is 10.7 Å². The summed E-state index contributed by atoms with van der Waals surface area (Å²) < 4.78 is 1.77. The molecule has 0 spiro atoms. The zero-order valence-electron chi connectivity index (χ0n) is 15.3. The molecule has 2 atom stereocenters. The number of rotatable bonds is 7. The Bertz CT molecular complexity index is 810. The second-order valence-corrected chi connectivity index (χ2v) is 7.16. The van der Waals surface area contributed by atoms with E-state index in [0.29, 0.717) is 30.3 Å². The first kappa shape index (κ1) is 17.6. The molecule has 3 rings (SSSR count). The van der Waals surface area contributed by atoms with Crippen molar-refractivity contribution in [2.24, 2.45) is 5.92 Å². The highest BCUT2D eigenvalue weighted by atomic mass is 16.2. The molecule has 1 aromatic heterocycles. The van der Waals surface area contributed by atoms with Gasteiger partial charge >= 0.3 is 0 Å². The summed E-state index contributed by atoms with van der Waals surface area (Å²) in [6.07, 6.45) is 5.06. The second kappa shape index (κ2) is 7.38. The van der Waals surface area contributed by atoms with Crippen LogP contribution in [0.25, 0.3) is 10.9 Å². The fraction of sp³-hybridized carbons (Fsp3) is 0.550. The van der Waals surface area contributed by atoms with Crippen molar-refractivity contribution >= 4 is 16.8 Å². The van der Waals surface area contributed by atoms with Crippen LogP contribution in [0.5, 0.6) is 0 Å². The maximum absolute atomic E-state index is 12.9. The molecule has 5 heteroatoms. The monoisotopic (exact) mass is 341 g/mol. The van der Waals surface area contributed by atoms with Gasteiger partial charge in [-0.3, -0.25) is 14.3 Å². The number of fused-ring (bicyclic) bond motifs is 1. The van der Waals surface area contributed by atoms with E-state index in [1.807, 2.05) is 18.2 Å². The van der Waals surface area contributed by atoms with Crippen molar-refractivity contribution < 1.29 is 4.79 Å². The molecule has 0 N–H and O–H groups in total. The summed E-state index contributed by atoms with van der Waals surface area (Å²) in [4.78, 5) is 26.9. The second-order valence-electron chi connectivity index (χ2n) is 7.16. The number of carbonyl (C=O) groups is 1. The first-order valence-corrected chi connectivity index (χ1v) is 9.29. The van der Waals surface area contributed by atoms with E-state index in [1.165, 1.54) is 6.20 Å². The Morgan fingerprint density at radius 2 is 2.04 bits per heavy atom. The number of aromatic nitrogens is 2. The van der Waals surface area contributed by atoms with Crippen LogP contribution in [0.15, 0.2) is 35.3 Å². The lowest BCUT2D eigenvalue weighted by atomic mass is 9.98. The molecule has 0 aliphatic heterocycles. The smallest absolute Gasteiger partial charge is 0.224 e. The van der Waals surface area contributed by atoms with Gasteiger partial charge in [-0.05, 0) is 37.8 Å². The zero-order valence-corrected chi connectivity index (χ0v) is 15.3. The van der Waals surface area contributed by atoms with E-state index < -0.39 is 0 Å². The molecule has 1 aliphatic carbocycles. The van der Waals surface area contributed by atoms with E-state index in [0.717, 1.165) is 24.8 Å². The molecule has 0 bridgehead atoms. The molecule has 0 radical (unpaired) electrons. The summed E-state index contributed by atoms with van der Waals surface area (Å²) in [6, 6.07) is 8.11. The van der Waals surface area contributed by atoms with E-state index >= 15 is 0 Å². The number of nitrogens with zero attached hydrogens (tertiary/aromatic N) is 3. The summed E-state index contributed by atoms with van der Waals surface area (Å²) in [5, 5.41) is 4.88. The highest BCUT2D eigenvalue weighted by molar-refractivity contribution is 5.79. The van der Waals surface area contributed by atoms with Crippen LogP contribution in [0, 0.1) is 5.92 Å². The summed E-state index contributed by atoms with van der Waals surface area (Å²) in [5.74, 6) is 0.691. The molecule has 1 amide bonds. The third-order valence-electron chi connectivity index (χ3n) is 5.43. The number of aryl methyl sites for hydroxylation is 1. The predicted molar refractivity (Wildman–Crippen MR) is 99.4 cm³/mol. The van der Waals surface area contributed by atoms with Gasteiger partial charge in [0.15, 0.2) is 0 Å². The summed E-state index contributed by atoms with van der Waals surface area (Å²) in [7, 11) is 0. The minimum atomic E-state index is -0.0804. The van der Waals surface area contributed by atoms with E-state index in [4.69, 9.17) is 0 Å². The minimum Gasteiger partial charge on any atom is -0.337 e. The molecule has 1 aromatic carbocycles. The maximum Gasteiger partial charge on any atom is 0.224 e. The van der Waals surface area contributed by atoms with Crippen LogP contribution < -0.4 is 5.43 Å². The van der Waals surface area contributed by atoms with Crippen molar-refractivity contribution in [2.75, 3.05) is 0 Å². The van der Waals surface area contributed by atoms with E-state index in [9.17, 15) is 9.59 Å². The Morgan fingerprint density at radius 1 is 1.32 bits per heavy atom. The first-order chi connectivity index (χ1) is 12.0. The largest absolute Gasteiger partial charge is 0.337 e. The van der Waals surface area contributed by atoms with Gasteiger partial charge in [0, 0.05) is 23.9 Å². The molecule has 1 saturated carbocycles. The average molecular weight is 341 g/mol. The number of carbonyl (C=O) groups excluding carboxylic acids is 1. The van der Waals surface area contributed by atoms with Gasteiger partial charge < -0.3 is 4.90 Å². The zero-order chi connectivity index (χ0) is 18.0. The normalized spacial score (nSPS) is 16.6. The van der Waals surface area contributed by atoms with Gasteiger partial charge in [0.05, 0.1) is 18.3 Å². The average Bonchev–Trinajstić information content (AvgIpc) is 3.45. The number of benzene rings is 1. The van der Waals surface area contributed by atoms with Gasteiger partial charge in [0.1, 0.15) is 0 Å². The standard InChI is InChI=1S/C20H27N3O2/c1-4-14(2)15(3)23(16-9-10-16)20(25)11-12-22-18-8-6-5-7-17(18)19(24)13-21-22/h5-8,13-16H,4,9-12H2,1-3H3/t14-,15-/m0/s1. The van der Waals surface area contributed by atoms with Crippen molar-refractivity contribution in [1.29, 1.82) is 0 Å². The van der Waals surface area contributed by atoms with Crippen LogP contribution in [0.2, 0.25) is 0 Å². The molecule has 0 saturated heterocycles. The van der Waals surface area contributed by atoms with Crippen LogP contribution in [-0.2, 0) is 11.3 Å². The van der Waals surface area contributed by atoms with Gasteiger partial charge in [0.25, 0.3) is 0 Å². The summed E-state index contributed by atoms with van der Waals surface area (Å²) >= 11 is 0. The summed E-state index contributed by atoms with van der Waals surface area (Å²) in [5.41, 5.74) is 0.707. The predicted octanol–water partition coefficient (Wildman–Crippen LogP) is 3.21. The van der Waals surface area contributed by atoms with Gasteiger partial charge in [-0.2, -0.15) is 5.10 Å². The Hall–Kier alpha value is -2.17. The number of amides is 1. The Labute approximate surface area is 148 Å². The van der Waals surface area contributed by atoms with Crippen LogP contribution in [0.1, 0.15) is 46.5 Å². The lowest BCUT2D eigenvalue weighted by Crippen LogP contribution is -2.44. The molecular formula is C20H27N3O2. The summed E-state index contributed by atoms with van der Waals surface area (Å²) in [6.45, 7) is 7.05. The van der Waals surface area contributed by atoms with Crippen LogP contribution in [0.3, 0.4) is 0 Å². The lowest BCUT2D eigenvalue weighted by molar-refractivity contribution is -0.135. The van der Waals surface area contributed by atoms with Gasteiger partial charge in [-0.15, -0.1) is 0 Å².